The summed E-state index contributed by atoms with van der Waals surface area (Å²) in [7, 11) is 0. The second kappa shape index (κ2) is 6.58. The third kappa shape index (κ3) is 3.64. The smallest absolute Gasteiger partial charge is 0.236 e. The highest BCUT2D eigenvalue weighted by Crippen LogP contribution is 2.25. The number of carbonyl (C=O) groups is 1. The highest BCUT2D eigenvalue weighted by Gasteiger charge is 2.25. The number of rotatable bonds is 3. The molecule has 0 fully saturated rings. The van der Waals surface area contributed by atoms with Crippen molar-refractivity contribution in [1.82, 2.24) is 14.9 Å². The second-order valence-corrected chi connectivity index (χ2v) is 7.06. The molecule has 0 aliphatic carbocycles. The van der Waals surface area contributed by atoms with Crippen molar-refractivity contribution in [2.24, 2.45) is 0 Å². The number of carbonyl (C=O) groups excluding carboxylic acids is 1. The van der Waals surface area contributed by atoms with Crippen LogP contribution in [0, 0.1) is 6.92 Å². The van der Waals surface area contributed by atoms with Crippen LogP contribution >= 0.6 is 11.8 Å². The van der Waals surface area contributed by atoms with E-state index in [9.17, 15) is 4.79 Å². The van der Waals surface area contributed by atoms with E-state index in [1.165, 1.54) is 22.9 Å². The highest BCUT2D eigenvalue weighted by molar-refractivity contribution is 8.00. The Labute approximate surface area is 140 Å². The molecule has 0 saturated heterocycles. The Morgan fingerprint density at radius 1 is 1.30 bits per heavy atom. The van der Waals surface area contributed by atoms with Gasteiger partial charge in [0.25, 0.3) is 0 Å². The van der Waals surface area contributed by atoms with Crippen LogP contribution in [0.4, 0.5) is 5.82 Å². The lowest BCUT2D eigenvalue weighted by Crippen LogP contribution is -2.40. The number of aromatic nitrogens is 2. The molecule has 1 amide bonds. The second-order valence-electron chi connectivity index (χ2n) is 5.76. The van der Waals surface area contributed by atoms with Crippen LogP contribution in [0.25, 0.3) is 0 Å². The lowest BCUT2D eigenvalue weighted by atomic mass is 10.00. The van der Waals surface area contributed by atoms with Gasteiger partial charge in [0.2, 0.25) is 5.91 Å². The predicted octanol–water partition coefficient (Wildman–Crippen LogP) is 2.43. The standard InChI is InChI=1S/C17H20N4OS/c1-11-9-15(18)20-17(19-11)23-12(2)16(22)21-8-7-13-5-3-4-6-14(13)10-21/h3-6,9,12H,7-8,10H2,1-2H3,(H2,18,19,20). The van der Waals surface area contributed by atoms with E-state index in [1.807, 2.05) is 30.9 Å². The number of nitrogen functional groups attached to an aromatic ring is 1. The molecule has 1 unspecified atom stereocenters. The average molecular weight is 328 g/mol. The van der Waals surface area contributed by atoms with Gasteiger partial charge in [-0.15, -0.1) is 0 Å². The van der Waals surface area contributed by atoms with Gasteiger partial charge in [-0.2, -0.15) is 0 Å². The van der Waals surface area contributed by atoms with Gasteiger partial charge in [-0.1, -0.05) is 36.0 Å². The van der Waals surface area contributed by atoms with Crippen LogP contribution in [0.2, 0.25) is 0 Å². The van der Waals surface area contributed by atoms with Gasteiger partial charge in [-0.05, 0) is 31.4 Å². The molecule has 23 heavy (non-hydrogen) atoms. The number of amides is 1. The molecule has 1 aliphatic heterocycles. The Kier molecular flexibility index (Phi) is 4.52. The maximum atomic E-state index is 12.7. The summed E-state index contributed by atoms with van der Waals surface area (Å²) in [6, 6.07) is 10.0. The highest BCUT2D eigenvalue weighted by atomic mass is 32.2. The SMILES string of the molecule is Cc1cc(N)nc(SC(C)C(=O)N2CCc3ccccc3C2)n1. The van der Waals surface area contributed by atoms with Gasteiger partial charge in [-0.25, -0.2) is 9.97 Å². The first-order valence-electron chi connectivity index (χ1n) is 7.66. The van der Waals surface area contributed by atoms with E-state index in [4.69, 9.17) is 5.73 Å². The van der Waals surface area contributed by atoms with Crippen LogP contribution in [0.3, 0.4) is 0 Å². The van der Waals surface area contributed by atoms with E-state index in [1.54, 1.807) is 6.07 Å². The molecule has 3 rings (SSSR count). The normalized spacial score (nSPS) is 15.1. The zero-order chi connectivity index (χ0) is 16.4. The molecule has 1 aliphatic rings. The summed E-state index contributed by atoms with van der Waals surface area (Å²) in [4.78, 5) is 23.2. The molecule has 0 spiro atoms. The first-order valence-corrected chi connectivity index (χ1v) is 8.54. The van der Waals surface area contributed by atoms with E-state index in [0.717, 1.165) is 18.7 Å². The van der Waals surface area contributed by atoms with Crippen LogP contribution in [0.1, 0.15) is 23.7 Å². The fourth-order valence-electron chi connectivity index (χ4n) is 2.77. The Bertz CT molecular complexity index is 714. The molecule has 1 aromatic heterocycles. The minimum atomic E-state index is -0.235. The molecule has 2 heterocycles. The third-order valence-electron chi connectivity index (χ3n) is 3.93. The van der Waals surface area contributed by atoms with Crippen LogP contribution < -0.4 is 5.73 Å². The molecular weight excluding hydrogens is 308 g/mol. The van der Waals surface area contributed by atoms with Gasteiger partial charge in [-0.3, -0.25) is 4.79 Å². The van der Waals surface area contributed by atoms with Crippen molar-refractivity contribution in [3.05, 3.63) is 47.2 Å². The molecule has 2 N–H and O–H groups in total. The molecule has 0 saturated carbocycles. The number of benzene rings is 1. The van der Waals surface area contributed by atoms with Crippen LogP contribution in [0.15, 0.2) is 35.5 Å². The number of nitrogens with two attached hydrogens (primary N) is 1. The first kappa shape index (κ1) is 15.8. The molecule has 2 aromatic rings. The minimum absolute atomic E-state index is 0.119. The van der Waals surface area contributed by atoms with Crippen molar-refractivity contribution in [2.75, 3.05) is 12.3 Å². The van der Waals surface area contributed by atoms with Gasteiger partial charge in [0, 0.05) is 24.8 Å². The van der Waals surface area contributed by atoms with Crippen molar-refractivity contribution in [3.8, 4) is 0 Å². The molecule has 0 radical (unpaired) electrons. The summed E-state index contributed by atoms with van der Waals surface area (Å²) in [6.45, 7) is 5.21. The van der Waals surface area contributed by atoms with Gasteiger partial charge in [0.15, 0.2) is 5.16 Å². The maximum Gasteiger partial charge on any atom is 0.236 e. The van der Waals surface area contributed by atoms with Crippen LogP contribution in [0.5, 0.6) is 0 Å². The third-order valence-corrected chi connectivity index (χ3v) is 4.87. The average Bonchev–Trinajstić information content (AvgIpc) is 2.52. The summed E-state index contributed by atoms with van der Waals surface area (Å²) in [5.74, 6) is 0.555. The molecular formula is C17H20N4OS. The van der Waals surface area contributed by atoms with Gasteiger partial charge in [0.1, 0.15) is 5.82 Å². The quantitative estimate of drug-likeness (QED) is 0.692. The number of nitrogens with zero attached hydrogens (tertiary/aromatic N) is 3. The van der Waals surface area contributed by atoms with Crippen molar-refractivity contribution in [3.63, 3.8) is 0 Å². The summed E-state index contributed by atoms with van der Waals surface area (Å²) < 4.78 is 0. The minimum Gasteiger partial charge on any atom is -0.384 e. The summed E-state index contributed by atoms with van der Waals surface area (Å²) in [5.41, 5.74) is 9.13. The van der Waals surface area contributed by atoms with Crippen molar-refractivity contribution < 1.29 is 4.79 Å². The van der Waals surface area contributed by atoms with Gasteiger partial charge < -0.3 is 10.6 Å². The zero-order valence-electron chi connectivity index (χ0n) is 13.3. The van der Waals surface area contributed by atoms with Crippen molar-refractivity contribution >= 4 is 23.5 Å². The van der Waals surface area contributed by atoms with Crippen molar-refractivity contribution in [2.45, 2.75) is 37.2 Å². The molecule has 6 heteroatoms. The molecule has 120 valence electrons. The fraction of sp³-hybridized carbons (Fsp3) is 0.353. The van der Waals surface area contributed by atoms with Gasteiger partial charge >= 0.3 is 0 Å². The van der Waals surface area contributed by atoms with E-state index in [2.05, 4.69) is 22.1 Å². The van der Waals surface area contributed by atoms with Crippen LogP contribution in [-0.2, 0) is 17.8 Å². The number of hydrogen-bond donors (Lipinski definition) is 1. The lowest BCUT2D eigenvalue weighted by Gasteiger charge is -2.30. The van der Waals surface area contributed by atoms with E-state index in [-0.39, 0.29) is 11.2 Å². The van der Waals surface area contributed by atoms with Crippen molar-refractivity contribution in [1.29, 1.82) is 0 Å². The molecule has 5 nitrogen and oxygen atoms in total. The number of fused-ring (bicyclic) bond motifs is 1. The maximum absolute atomic E-state index is 12.7. The Morgan fingerprint density at radius 3 is 2.78 bits per heavy atom. The molecule has 0 bridgehead atoms. The number of aryl methyl sites for hydroxylation is 1. The Morgan fingerprint density at radius 2 is 2.04 bits per heavy atom. The largest absolute Gasteiger partial charge is 0.384 e. The van der Waals surface area contributed by atoms with E-state index < -0.39 is 0 Å². The summed E-state index contributed by atoms with van der Waals surface area (Å²) in [5, 5.41) is 0.322. The van der Waals surface area contributed by atoms with E-state index >= 15 is 0 Å². The van der Waals surface area contributed by atoms with Crippen LogP contribution in [-0.4, -0.2) is 32.6 Å². The number of thioether (sulfide) groups is 1. The lowest BCUT2D eigenvalue weighted by molar-refractivity contribution is -0.131. The van der Waals surface area contributed by atoms with Gasteiger partial charge in [0.05, 0.1) is 5.25 Å². The number of anilines is 1. The summed E-state index contributed by atoms with van der Waals surface area (Å²) in [6.07, 6.45) is 0.910. The Balaban J connectivity index is 1.68. The zero-order valence-corrected chi connectivity index (χ0v) is 14.1. The monoisotopic (exact) mass is 328 g/mol. The van der Waals surface area contributed by atoms with E-state index in [0.29, 0.717) is 17.5 Å². The first-order chi connectivity index (χ1) is 11.0. The molecule has 1 atom stereocenters. The fourth-order valence-corrected chi connectivity index (χ4v) is 3.69. The topological polar surface area (TPSA) is 72.1 Å². The Hall–Kier alpha value is -2.08. The molecule has 1 aromatic carbocycles. The number of hydrogen-bond acceptors (Lipinski definition) is 5. The predicted molar refractivity (Wildman–Crippen MR) is 92.1 cm³/mol. The summed E-state index contributed by atoms with van der Waals surface area (Å²) >= 11 is 1.36.